The van der Waals surface area contributed by atoms with Gasteiger partial charge in [-0.05, 0) is 23.3 Å². The van der Waals surface area contributed by atoms with E-state index in [-0.39, 0.29) is 5.69 Å². The lowest BCUT2D eigenvalue weighted by Crippen LogP contribution is -2.22. The number of rotatable bonds is 6. The number of benzene rings is 3. The molecule has 1 N–H and O–H groups in total. The van der Waals surface area contributed by atoms with E-state index in [4.69, 9.17) is 23.2 Å². The molecule has 0 amide bonds. The summed E-state index contributed by atoms with van der Waals surface area (Å²) in [5, 5.41) is 20.4. The number of H-pyrrole nitrogens is 1. The quantitative estimate of drug-likeness (QED) is 0.413. The molecule has 0 atom stereocenters. The number of hydrogen-bond donors (Lipinski definition) is 1. The van der Waals surface area contributed by atoms with Crippen LogP contribution in [0, 0.1) is 11.3 Å². The van der Waals surface area contributed by atoms with Crippen molar-refractivity contribution in [1.82, 2.24) is 15.4 Å². The molecule has 1 aromatic heterocycles. The summed E-state index contributed by atoms with van der Waals surface area (Å²) in [6.07, 6.45) is 0. The third-order valence-corrected chi connectivity index (χ3v) is 5.31. The second-order valence-electron chi connectivity index (χ2n) is 6.74. The van der Waals surface area contributed by atoms with Crippen LogP contribution in [0.25, 0.3) is 11.3 Å². The van der Waals surface area contributed by atoms with Crippen LogP contribution in [0.4, 0.5) is 5.69 Å². The lowest BCUT2D eigenvalue weighted by Gasteiger charge is -2.26. The summed E-state index contributed by atoms with van der Waals surface area (Å²) >= 11 is 13.2. The molecule has 0 aliphatic heterocycles. The summed E-state index contributed by atoms with van der Waals surface area (Å²) in [6.45, 7) is 1.38. The smallest absolute Gasteiger partial charge is 0.190 e. The molecule has 148 valence electrons. The molecule has 0 bridgehead atoms. The van der Waals surface area contributed by atoms with E-state index in [2.05, 4.69) is 44.6 Å². The highest BCUT2D eigenvalue weighted by atomic mass is 35.5. The van der Waals surface area contributed by atoms with Gasteiger partial charge in [-0.2, -0.15) is 15.6 Å². The third kappa shape index (κ3) is 4.30. The molecule has 0 aliphatic carbocycles. The van der Waals surface area contributed by atoms with Crippen LogP contribution < -0.4 is 4.90 Å². The maximum atomic E-state index is 9.25. The van der Waals surface area contributed by atoms with E-state index in [0.29, 0.717) is 34.4 Å². The monoisotopic (exact) mass is 433 g/mol. The molecule has 30 heavy (non-hydrogen) atoms. The van der Waals surface area contributed by atoms with Crippen molar-refractivity contribution < 1.29 is 0 Å². The van der Waals surface area contributed by atoms with E-state index < -0.39 is 0 Å². The fourth-order valence-corrected chi connectivity index (χ4v) is 3.95. The molecule has 0 spiro atoms. The Morgan fingerprint density at radius 1 is 0.833 bits per heavy atom. The Morgan fingerprint density at radius 2 is 1.37 bits per heavy atom. The van der Waals surface area contributed by atoms with E-state index in [1.165, 1.54) is 11.1 Å². The molecular formula is C23H17Cl2N5. The van der Waals surface area contributed by atoms with Crippen LogP contribution in [0.5, 0.6) is 0 Å². The van der Waals surface area contributed by atoms with E-state index in [9.17, 15) is 5.26 Å². The van der Waals surface area contributed by atoms with Gasteiger partial charge in [0, 0.05) is 24.3 Å². The van der Waals surface area contributed by atoms with Gasteiger partial charge < -0.3 is 4.90 Å². The topological polar surface area (TPSA) is 68.6 Å². The number of nitrogens with one attached hydrogen (secondary N) is 1. The largest absolute Gasteiger partial charge is 0.363 e. The van der Waals surface area contributed by atoms with Crippen molar-refractivity contribution in [3.63, 3.8) is 0 Å². The minimum Gasteiger partial charge on any atom is -0.363 e. The van der Waals surface area contributed by atoms with Crippen LogP contribution in [-0.2, 0) is 13.1 Å². The zero-order chi connectivity index (χ0) is 20.9. The fourth-order valence-electron chi connectivity index (χ4n) is 3.30. The summed E-state index contributed by atoms with van der Waals surface area (Å²) in [7, 11) is 0. The Hall–Kier alpha value is -3.33. The van der Waals surface area contributed by atoms with Gasteiger partial charge in [-0.3, -0.25) is 0 Å². The normalized spacial score (nSPS) is 10.6. The molecule has 3 aromatic carbocycles. The summed E-state index contributed by atoms with van der Waals surface area (Å²) in [6, 6.07) is 26.1. The molecule has 4 rings (SSSR count). The molecule has 0 aliphatic rings. The van der Waals surface area contributed by atoms with Gasteiger partial charge in [-0.15, -0.1) is 5.10 Å². The van der Waals surface area contributed by atoms with Crippen molar-refractivity contribution in [1.29, 1.82) is 5.26 Å². The number of aromatic amines is 1. The highest BCUT2D eigenvalue weighted by molar-refractivity contribution is 6.39. The number of hydrogen-bond acceptors (Lipinski definition) is 4. The molecular weight excluding hydrogens is 417 g/mol. The number of nitrogens with zero attached hydrogens (tertiary/aromatic N) is 4. The summed E-state index contributed by atoms with van der Waals surface area (Å²) in [5.74, 6) is 0. The van der Waals surface area contributed by atoms with Gasteiger partial charge >= 0.3 is 0 Å². The highest BCUT2D eigenvalue weighted by Gasteiger charge is 2.20. The third-order valence-electron chi connectivity index (χ3n) is 4.72. The van der Waals surface area contributed by atoms with Crippen LogP contribution in [0.3, 0.4) is 0 Å². The SMILES string of the molecule is N#Cc1n[nH]nc1-c1c(Cl)cc(N(Cc2ccccc2)Cc2ccccc2)cc1Cl. The van der Waals surface area contributed by atoms with E-state index in [1.807, 2.05) is 54.6 Å². The summed E-state index contributed by atoms with van der Waals surface area (Å²) in [5.41, 5.74) is 4.21. The van der Waals surface area contributed by atoms with Gasteiger partial charge in [0.05, 0.1) is 10.0 Å². The standard InChI is InChI=1S/C23H17Cl2N5/c24-19-11-18(12-20(25)22(19)23-21(13-26)27-29-28-23)30(14-16-7-3-1-4-8-16)15-17-9-5-2-6-10-17/h1-12H,14-15H2,(H,27,28,29). The second kappa shape index (κ2) is 9.00. The van der Waals surface area contributed by atoms with Crippen molar-refractivity contribution in [2.24, 2.45) is 0 Å². The number of halogens is 2. The van der Waals surface area contributed by atoms with Gasteiger partial charge in [-0.25, -0.2) is 0 Å². The predicted molar refractivity (Wildman–Crippen MR) is 119 cm³/mol. The minimum absolute atomic E-state index is 0.150. The van der Waals surface area contributed by atoms with Gasteiger partial charge in [0.25, 0.3) is 0 Å². The Labute approximate surface area is 184 Å². The maximum Gasteiger partial charge on any atom is 0.190 e. The fraction of sp³-hybridized carbons (Fsp3) is 0.0870. The van der Waals surface area contributed by atoms with Crippen molar-refractivity contribution >= 4 is 28.9 Å². The van der Waals surface area contributed by atoms with Crippen LogP contribution >= 0.6 is 23.2 Å². The molecule has 5 nitrogen and oxygen atoms in total. The van der Waals surface area contributed by atoms with Gasteiger partial charge in [0.1, 0.15) is 11.8 Å². The number of anilines is 1. The average molecular weight is 434 g/mol. The molecule has 1 heterocycles. The van der Waals surface area contributed by atoms with Crippen molar-refractivity contribution in [3.05, 3.63) is 99.7 Å². The van der Waals surface area contributed by atoms with E-state index >= 15 is 0 Å². The van der Waals surface area contributed by atoms with Gasteiger partial charge in [0.15, 0.2) is 5.69 Å². The Balaban J connectivity index is 1.74. The Kier molecular flexibility index (Phi) is 5.99. The van der Waals surface area contributed by atoms with Crippen LogP contribution in [-0.4, -0.2) is 15.4 Å². The summed E-state index contributed by atoms with van der Waals surface area (Å²) in [4.78, 5) is 2.21. The predicted octanol–water partition coefficient (Wildman–Crippen LogP) is 5.86. The Bertz CT molecular complexity index is 1120. The maximum absolute atomic E-state index is 9.25. The number of aromatic nitrogens is 3. The molecule has 0 saturated carbocycles. The van der Waals surface area contributed by atoms with E-state index in [0.717, 1.165) is 5.69 Å². The molecule has 0 saturated heterocycles. The van der Waals surface area contributed by atoms with Gasteiger partial charge in [0.2, 0.25) is 0 Å². The van der Waals surface area contributed by atoms with E-state index in [1.54, 1.807) is 0 Å². The van der Waals surface area contributed by atoms with Crippen LogP contribution in [0.2, 0.25) is 10.0 Å². The van der Waals surface area contributed by atoms with Crippen LogP contribution in [0.1, 0.15) is 16.8 Å². The van der Waals surface area contributed by atoms with Gasteiger partial charge in [-0.1, -0.05) is 83.9 Å². The molecule has 0 unspecified atom stereocenters. The van der Waals surface area contributed by atoms with Crippen molar-refractivity contribution in [2.75, 3.05) is 4.90 Å². The lowest BCUT2D eigenvalue weighted by molar-refractivity contribution is 0.800. The first-order chi connectivity index (χ1) is 14.7. The zero-order valence-corrected chi connectivity index (χ0v) is 17.4. The highest BCUT2D eigenvalue weighted by Crippen LogP contribution is 2.39. The second-order valence-corrected chi connectivity index (χ2v) is 7.56. The number of nitriles is 1. The average Bonchev–Trinajstić information content (AvgIpc) is 3.22. The molecule has 0 fully saturated rings. The molecule has 4 aromatic rings. The first kappa shape index (κ1) is 20.0. The molecule has 0 radical (unpaired) electrons. The first-order valence-electron chi connectivity index (χ1n) is 9.29. The van der Waals surface area contributed by atoms with Crippen LogP contribution in [0.15, 0.2) is 72.8 Å². The lowest BCUT2D eigenvalue weighted by atomic mass is 10.1. The zero-order valence-electron chi connectivity index (χ0n) is 15.9. The first-order valence-corrected chi connectivity index (χ1v) is 10.0. The minimum atomic E-state index is 0.150. The Morgan fingerprint density at radius 3 is 1.87 bits per heavy atom. The summed E-state index contributed by atoms with van der Waals surface area (Å²) < 4.78 is 0. The van der Waals surface area contributed by atoms with Crippen molar-refractivity contribution in [3.8, 4) is 17.3 Å². The molecule has 7 heteroatoms. The van der Waals surface area contributed by atoms with Crippen molar-refractivity contribution in [2.45, 2.75) is 13.1 Å².